The first-order valence-corrected chi connectivity index (χ1v) is 7.04. The first-order chi connectivity index (χ1) is 9.94. The van der Waals surface area contributed by atoms with Crippen molar-refractivity contribution in [2.24, 2.45) is 5.92 Å². The lowest BCUT2D eigenvalue weighted by molar-refractivity contribution is -0.152. The van der Waals surface area contributed by atoms with E-state index in [0.717, 1.165) is 19.3 Å². The van der Waals surface area contributed by atoms with Crippen LogP contribution in [0.15, 0.2) is 10.6 Å². The zero-order chi connectivity index (χ0) is 15.5. The fourth-order valence-corrected chi connectivity index (χ4v) is 2.74. The van der Waals surface area contributed by atoms with Crippen molar-refractivity contribution in [2.75, 3.05) is 6.61 Å². The molecule has 1 aliphatic carbocycles. The summed E-state index contributed by atoms with van der Waals surface area (Å²) in [6.45, 7) is 3.28. The molecule has 7 nitrogen and oxygen atoms in total. The van der Waals surface area contributed by atoms with Gasteiger partial charge in [-0.3, -0.25) is 4.79 Å². The number of rotatable bonds is 5. The Labute approximate surface area is 122 Å². The van der Waals surface area contributed by atoms with Crippen LogP contribution in [0, 0.1) is 12.8 Å². The van der Waals surface area contributed by atoms with Crippen molar-refractivity contribution in [3.05, 3.63) is 11.8 Å². The van der Waals surface area contributed by atoms with Crippen molar-refractivity contribution < 1.29 is 24.0 Å². The van der Waals surface area contributed by atoms with Crippen molar-refractivity contribution in [1.29, 1.82) is 0 Å². The number of amides is 1. The Hall–Kier alpha value is -2.05. The van der Waals surface area contributed by atoms with Crippen LogP contribution < -0.4 is 10.1 Å². The average Bonchev–Trinajstić information content (AvgIpc) is 2.85. The van der Waals surface area contributed by atoms with E-state index in [9.17, 15) is 14.7 Å². The monoisotopic (exact) mass is 296 g/mol. The van der Waals surface area contributed by atoms with E-state index in [1.54, 1.807) is 13.0 Å². The van der Waals surface area contributed by atoms with Gasteiger partial charge < -0.3 is 19.7 Å². The Morgan fingerprint density at radius 3 is 2.90 bits per heavy atom. The number of carboxylic acids is 1. The summed E-state index contributed by atoms with van der Waals surface area (Å²) < 4.78 is 10.0. The van der Waals surface area contributed by atoms with E-state index in [1.165, 1.54) is 0 Å². The van der Waals surface area contributed by atoms with Gasteiger partial charge in [-0.1, -0.05) is 19.8 Å². The third kappa shape index (κ3) is 3.34. The average molecular weight is 296 g/mol. The van der Waals surface area contributed by atoms with Crippen LogP contribution in [0.5, 0.6) is 5.88 Å². The molecule has 2 atom stereocenters. The molecule has 21 heavy (non-hydrogen) atoms. The minimum absolute atomic E-state index is 0.109. The summed E-state index contributed by atoms with van der Waals surface area (Å²) in [5, 5.41) is 15.8. The van der Waals surface area contributed by atoms with Crippen LogP contribution >= 0.6 is 0 Å². The summed E-state index contributed by atoms with van der Waals surface area (Å²) in [6, 6.07) is 1.56. The number of nitrogens with one attached hydrogen (secondary N) is 1. The molecule has 0 aliphatic heterocycles. The summed E-state index contributed by atoms with van der Waals surface area (Å²) in [5.74, 6) is -0.772. The highest BCUT2D eigenvalue weighted by Crippen LogP contribution is 2.33. The van der Waals surface area contributed by atoms with E-state index in [4.69, 9.17) is 9.26 Å². The normalized spacial score (nSPS) is 25.3. The minimum atomic E-state index is -1.20. The molecule has 1 saturated carbocycles. The predicted octanol–water partition coefficient (Wildman–Crippen LogP) is 1.51. The van der Waals surface area contributed by atoms with Gasteiger partial charge >= 0.3 is 5.97 Å². The van der Waals surface area contributed by atoms with Gasteiger partial charge in [0.25, 0.3) is 11.8 Å². The first kappa shape index (κ1) is 15.3. The van der Waals surface area contributed by atoms with E-state index in [2.05, 4.69) is 10.5 Å². The number of ether oxygens (including phenoxy) is 1. The number of carbonyl (C=O) groups excluding carboxylic acids is 1. The van der Waals surface area contributed by atoms with Crippen molar-refractivity contribution >= 4 is 11.9 Å². The molecule has 0 bridgehead atoms. The van der Waals surface area contributed by atoms with Crippen molar-refractivity contribution in [2.45, 2.75) is 45.1 Å². The number of aryl methyl sites for hydroxylation is 1. The number of carboxylic acid groups (broad SMARTS) is 1. The number of nitrogens with zero attached hydrogens (tertiary/aromatic N) is 1. The Bertz CT molecular complexity index is 527. The number of aromatic nitrogens is 1. The van der Waals surface area contributed by atoms with Crippen molar-refractivity contribution in [1.82, 2.24) is 10.5 Å². The van der Waals surface area contributed by atoms with Crippen LogP contribution in [-0.4, -0.2) is 34.3 Å². The Morgan fingerprint density at radius 2 is 2.33 bits per heavy atom. The molecule has 7 heteroatoms. The van der Waals surface area contributed by atoms with Crippen LogP contribution in [0.2, 0.25) is 0 Å². The van der Waals surface area contributed by atoms with E-state index >= 15 is 0 Å². The summed E-state index contributed by atoms with van der Waals surface area (Å²) in [5.41, 5.74) is -1.20. The summed E-state index contributed by atoms with van der Waals surface area (Å²) in [6.07, 6.45) is 3.01. The maximum absolute atomic E-state index is 12.0. The van der Waals surface area contributed by atoms with Crippen LogP contribution in [0.25, 0.3) is 0 Å². The highest BCUT2D eigenvalue weighted by atomic mass is 16.5. The highest BCUT2D eigenvalue weighted by molar-refractivity contribution is 5.88. The van der Waals surface area contributed by atoms with Crippen molar-refractivity contribution in [3.63, 3.8) is 0 Å². The van der Waals surface area contributed by atoms with Gasteiger partial charge in [-0.15, -0.1) is 0 Å². The summed E-state index contributed by atoms with van der Waals surface area (Å²) in [7, 11) is 0. The number of hydrogen-bond acceptors (Lipinski definition) is 5. The van der Waals surface area contributed by atoms with Gasteiger partial charge in [0.1, 0.15) is 11.3 Å². The molecule has 1 heterocycles. The predicted molar refractivity (Wildman–Crippen MR) is 72.9 cm³/mol. The molecule has 116 valence electrons. The molecule has 0 aromatic carbocycles. The SMILES string of the molecule is Cc1cc(OCC(=O)NC2(C(=O)O)CCCCC2C)no1. The van der Waals surface area contributed by atoms with Gasteiger partial charge in [-0.05, 0) is 30.8 Å². The fourth-order valence-electron chi connectivity index (χ4n) is 2.74. The largest absolute Gasteiger partial charge is 0.479 e. The number of aliphatic carboxylic acids is 1. The van der Waals surface area contributed by atoms with E-state index in [-0.39, 0.29) is 18.4 Å². The Balaban J connectivity index is 1.97. The van der Waals surface area contributed by atoms with E-state index in [0.29, 0.717) is 12.2 Å². The minimum Gasteiger partial charge on any atom is -0.479 e. The lowest BCUT2D eigenvalue weighted by Crippen LogP contribution is -2.60. The molecule has 2 rings (SSSR count). The Kier molecular flexibility index (Phi) is 4.50. The van der Waals surface area contributed by atoms with Gasteiger partial charge in [-0.25, -0.2) is 4.79 Å². The van der Waals surface area contributed by atoms with Crippen LogP contribution in [0.3, 0.4) is 0 Å². The zero-order valence-electron chi connectivity index (χ0n) is 12.2. The molecule has 2 N–H and O–H groups in total. The van der Waals surface area contributed by atoms with Gasteiger partial charge in [0.15, 0.2) is 6.61 Å². The Morgan fingerprint density at radius 1 is 1.57 bits per heavy atom. The molecular formula is C14H20N2O5. The molecule has 1 fully saturated rings. The second kappa shape index (κ2) is 6.15. The van der Waals surface area contributed by atoms with Gasteiger partial charge in [0.05, 0.1) is 0 Å². The first-order valence-electron chi connectivity index (χ1n) is 7.04. The second-order valence-electron chi connectivity index (χ2n) is 5.54. The van der Waals surface area contributed by atoms with E-state index < -0.39 is 17.4 Å². The topological polar surface area (TPSA) is 102 Å². The van der Waals surface area contributed by atoms with Crippen LogP contribution in [-0.2, 0) is 9.59 Å². The zero-order valence-corrected chi connectivity index (χ0v) is 12.2. The van der Waals surface area contributed by atoms with Gasteiger partial charge in [-0.2, -0.15) is 0 Å². The molecule has 0 radical (unpaired) electrons. The molecule has 2 unspecified atom stereocenters. The lowest BCUT2D eigenvalue weighted by atomic mass is 9.73. The number of hydrogen-bond donors (Lipinski definition) is 2. The molecule has 0 saturated heterocycles. The van der Waals surface area contributed by atoms with Crippen LogP contribution in [0.4, 0.5) is 0 Å². The smallest absolute Gasteiger partial charge is 0.329 e. The molecular weight excluding hydrogens is 276 g/mol. The maximum Gasteiger partial charge on any atom is 0.329 e. The standard InChI is InChI=1S/C14H20N2O5/c1-9-5-3-4-6-14(9,13(18)19)15-11(17)8-20-12-7-10(2)21-16-12/h7,9H,3-6,8H2,1-2H3,(H,15,17)(H,18,19). The lowest BCUT2D eigenvalue weighted by Gasteiger charge is -2.39. The van der Waals surface area contributed by atoms with E-state index in [1.807, 2.05) is 6.92 Å². The third-order valence-corrected chi connectivity index (χ3v) is 4.00. The third-order valence-electron chi connectivity index (χ3n) is 4.00. The maximum atomic E-state index is 12.0. The van der Waals surface area contributed by atoms with Crippen LogP contribution in [0.1, 0.15) is 38.4 Å². The fraction of sp³-hybridized carbons (Fsp3) is 0.643. The summed E-state index contributed by atoms with van der Waals surface area (Å²) in [4.78, 5) is 23.6. The molecule has 1 aromatic heterocycles. The van der Waals surface area contributed by atoms with Gasteiger partial charge in [0.2, 0.25) is 0 Å². The molecule has 1 amide bonds. The molecule has 1 aromatic rings. The second-order valence-corrected chi connectivity index (χ2v) is 5.54. The number of carbonyl (C=O) groups is 2. The summed E-state index contributed by atoms with van der Waals surface area (Å²) >= 11 is 0. The van der Waals surface area contributed by atoms with Gasteiger partial charge in [0, 0.05) is 6.07 Å². The molecule has 1 aliphatic rings. The molecule has 0 spiro atoms. The highest BCUT2D eigenvalue weighted by Gasteiger charge is 2.46. The van der Waals surface area contributed by atoms with Crippen molar-refractivity contribution in [3.8, 4) is 5.88 Å². The quantitative estimate of drug-likeness (QED) is 0.854.